The van der Waals surface area contributed by atoms with Crippen LogP contribution in [0.1, 0.15) is 25.0 Å². The molecule has 0 radical (unpaired) electrons. The number of aromatic nitrogens is 3. The van der Waals surface area contributed by atoms with E-state index < -0.39 is 0 Å². The van der Waals surface area contributed by atoms with Gasteiger partial charge in [0.2, 0.25) is 0 Å². The van der Waals surface area contributed by atoms with Crippen LogP contribution >= 0.6 is 0 Å². The molecule has 7 aromatic carbocycles. The highest BCUT2D eigenvalue weighted by atomic mass is 16.3. The van der Waals surface area contributed by atoms with Crippen molar-refractivity contribution in [3.63, 3.8) is 0 Å². The summed E-state index contributed by atoms with van der Waals surface area (Å²) in [6.07, 6.45) is 0. The summed E-state index contributed by atoms with van der Waals surface area (Å²) in [6.45, 7) is 4.67. The van der Waals surface area contributed by atoms with Gasteiger partial charge in [0.1, 0.15) is 11.2 Å². The van der Waals surface area contributed by atoms with E-state index in [4.69, 9.17) is 19.4 Å². The van der Waals surface area contributed by atoms with Crippen LogP contribution < -0.4 is 0 Å². The Morgan fingerprint density at radius 2 is 0.962 bits per heavy atom. The van der Waals surface area contributed by atoms with Crippen LogP contribution in [0.15, 0.2) is 168 Å². The van der Waals surface area contributed by atoms with Crippen LogP contribution in [0.5, 0.6) is 0 Å². The van der Waals surface area contributed by atoms with E-state index in [1.807, 2.05) is 72.8 Å². The van der Waals surface area contributed by atoms with Crippen molar-refractivity contribution >= 4 is 21.9 Å². The van der Waals surface area contributed by atoms with Crippen LogP contribution in [0.4, 0.5) is 0 Å². The van der Waals surface area contributed by atoms with Gasteiger partial charge in [0.25, 0.3) is 0 Å². The summed E-state index contributed by atoms with van der Waals surface area (Å²) in [4.78, 5) is 15.1. The van der Waals surface area contributed by atoms with Gasteiger partial charge in [-0.1, -0.05) is 159 Å². The Morgan fingerprint density at radius 1 is 0.404 bits per heavy atom. The first kappa shape index (κ1) is 30.2. The normalized spacial score (nSPS) is 13.0. The minimum atomic E-state index is -0.0717. The van der Waals surface area contributed by atoms with Crippen molar-refractivity contribution in [2.75, 3.05) is 0 Å². The maximum Gasteiger partial charge on any atom is 0.164 e. The minimum Gasteiger partial charge on any atom is -0.456 e. The van der Waals surface area contributed by atoms with Gasteiger partial charge in [0, 0.05) is 32.9 Å². The Kier molecular flexibility index (Phi) is 6.80. The summed E-state index contributed by atoms with van der Waals surface area (Å²) in [5.74, 6) is 1.86. The van der Waals surface area contributed by atoms with Crippen LogP contribution in [0.2, 0.25) is 0 Å². The van der Waals surface area contributed by atoms with Crippen molar-refractivity contribution in [1.82, 2.24) is 15.0 Å². The Morgan fingerprint density at radius 3 is 1.69 bits per heavy atom. The quantitative estimate of drug-likeness (QED) is 0.183. The number of furan rings is 1. The van der Waals surface area contributed by atoms with Crippen LogP contribution in [-0.2, 0) is 5.41 Å². The van der Waals surface area contributed by atoms with E-state index in [2.05, 4.69) is 105 Å². The average molecular weight is 668 g/mol. The van der Waals surface area contributed by atoms with Crippen molar-refractivity contribution in [2.45, 2.75) is 19.3 Å². The lowest BCUT2D eigenvalue weighted by molar-refractivity contribution is 0.660. The number of benzene rings is 7. The molecular weight excluding hydrogens is 635 g/mol. The highest BCUT2D eigenvalue weighted by molar-refractivity contribution is 6.13. The number of hydrogen-bond donors (Lipinski definition) is 0. The largest absolute Gasteiger partial charge is 0.456 e. The topological polar surface area (TPSA) is 51.8 Å². The SMILES string of the molecule is CC1(C)c2ccccc2-c2c(-c3ccccc3-c3ccc4oc5cccc(-c6nc(-c7ccccc7)nc(-c7ccccc7)n6)c5c4c3)cccc21. The molecule has 1 aliphatic rings. The van der Waals surface area contributed by atoms with Gasteiger partial charge in [-0.2, -0.15) is 0 Å². The van der Waals surface area contributed by atoms with Crippen molar-refractivity contribution in [3.05, 3.63) is 175 Å². The zero-order valence-corrected chi connectivity index (χ0v) is 28.8. The smallest absolute Gasteiger partial charge is 0.164 e. The molecular formula is C48H33N3O. The lowest BCUT2D eigenvalue weighted by Crippen LogP contribution is -2.14. The zero-order chi connectivity index (χ0) is 34.8. The lowest BCUT2D eigenvalue weighted by atomic mass is 9.81. The monoisotopic (exact) mass is 667 g/mol. The maximum atomic E-state index is 6.50. The third-order valence-corrected chi connectivity index (χ3v) is 10.6. The third kappa shape index (κ3) is 4.72. The van der Waals surface area contributed by atoms with Crippen LogP contribution in [-0.4, -0.2) is 15.0 Å². The van der Waals surface area contributed by atoms with E-state index >= 15 is 0 Å². The predicted octanol–water partition coefficient (Wildman–Crippen LogP) is 12.4. The lowest BCUT2D eigenvalue weighted by Gasteiger charge is -2.22. The van der Waals surface area contributed by atoms with Crippen LogP contribution in [0.3, 0.4) is 0 Å². The van der Waals surface area contributed by atoms with Crippen molar-refractivity contribution in [2.24, 2.45) is 0 Å². The zero-order valence-electron chi connectivity index (χ0n) is 28.8. The second-order valence-corrected chi connectivity index (χ2v) is 14.0. The van der Waals surface area contributed by atoms with E-state index in [0.717, 1.165) is 44.2 Å². The van der Waals surface area contributed by atoms with Gasteiger partial charge in [-0.05, 0) is 62.7 Å². The molecule has 2 heterocycles. The van der Waals surface area contributed by atoms with Crippen molar-refractivity contribution in [3.8, 4) is 67.5 Å². The van der Waals surface area contributed by atoms with Crippen molar-refractivity contribution in [1.29, 1.82) is 0 Å². The Balaban J connectivity index is 1.17. The fraction of sp³-hybridized carbons (Fsp3) is 0.0625. The maximum absolute atomic E-state index is 6.50. The second kappa shape index (κ2) is 11.7. The predicted molar refractivity (Wildman–Crippen MR) is 212 cm³/mol. The molecule has 4 nitrogen and oxygen atoms in total. The average Bonchev–Trinajstić information content (AvgIpc) is 3.70. The molecule has 0 saturated heterocycles. The molecule has 0 unspecified atom stereocenters. The second-order valence-electron chi connectivity index (χ2n) is 14.0. The van der Waals surface area contributed by atoms with E-state index in [9.17, 15) is 0 Å². The molecule has 52 heavy (non-hydrogen) atoms. The number of nitrogens with zero attached hydrogens (tertiary/aromatic N) is 3. The molecule has 2 aromatic heterocycles. The van der Waals surface area contributed by atoms with Gasteiger partial charge in [-0.25, -0.2) is 15.0 Å². The van der Waals surface area contributed by atoms with Crippen LogP contribution in [0.25, 0.3) is 89.5 Å². The fourth-order valence-electron chi connectivity index (χ4n) is 8.06. The fourth-order valence-corrected chi connectivity index (χ4v) is 8.06. The molecule has 0 N–H and O–H groups in total. The molecule has 0 spiro atoms. The molecule has 0 amide bonds. The van der Waals surface area contributed by atoms with Gasteiger partial charge < -0.3 is 4.42 Å². The molecule has 4 heteroatoms. The molecule has 1 aliphatic carbocycles. The summed E-state index contributed by atoms with van der Waals surface area (Å²) >= 11 is 0. The van der Waals surface area contributed by atoms with Crippen LogP contribution in [0, 0.1) is 0 Å². The summed E-state index contributed by atoms with van der Waals surface area (Å²) in [5.41, 5.74) is 14.4. The number of fused-ring (bicyclic) bond motifs is 6. The Hall–Kier alpha value is -6.65. The number of rotatable bonds is 5. The molecule has 0 bridgehead atoms. The Bertz CT molecular complexity index is 2760. The minimum absolute atomic E-state index is 0.0717. The van der Waals surface area contributed by atoms with Gasteiger partial charge in [0.15, 0.2) is 17.5 Å². The van der Waals surface area contributed by atoms with Gasteiger partial charge in [0.05, 0.1) is 0 Å². The Labute approximate surface area is 302 Å². The first-order chi connectivity index (χ1) is 25.5. The summed E-state index contributed by atoms with van der Waals surface area (Å²) < 4.78 is 6.50. The highest BCUT2D eigenvalue weighted by Crippen LogP contribution is 2.53. The molecule has 246 valence electrons. The van der Waals surface area contributed by atoms with Gasteiger partial charge in [-0.3, -0.25) is 0 Å². The molecule has 9 aromatic rings. The summed E-state index contributed by atoms with van der Waals surface area (Å²) in [6, 6.07) is 57.2. The first-order valence-electron chi connectivity index (χ1n) is 17.7. The summed E-state index contributed by atoms with van der Waals surface area (Å²) in [5, 5.41) is 2.00. The van der Waals surface area contributed by atoms with E-state index in [1.165, 1.54) is 38.9 Å². The van der Waals surface area contributed by atoms with E-state index in [0.29, 0.717) is 17.5 Å². The van der Waals surface area contributed by atoms with Gasteiger partial charge >= 0.3 is 0 Å². The molecule has 0 aliphatic heterocycles. The summed E-state index contributed by atoms with van der Waals surface area (Å²) in [7, 11) is 0. The van der Waals surface area contributed by atoms with Gasteiger partial charge in [-0.15, -0.1) is 0 Å². The van der Waals surface area contributed by atoms with E-state index in [-0.39, 0.29) is 5.41 Å². The molecule has 0 atom stereocenters. The van der Waals surface area contributed by atoms with E-state index in [1.54, 1.807) is 0 Å². The highest BCUT2D eigenvalue weighted by Gasteiger charge is 2.36. The molecule has 0 fully saturated rings. The third-order valence-electron chi connectivity index (χ3n) is 10.6. The molecule has 10 rings (SSSR count). The number of hydrogen-bond acceptors (Lipinski definition) is 4. The molecule has 0 saturated carbocycles. The standard InChI is InChI=1S/C48H33N3O/c1-48(2)39-24-12-11-21-36(39)43-35(22-13-25-40(43)48)34-20-10-9-19-33(34)32-27-28-41-38(29-32)44-37(23-14-26-42(44)52-41)47-50-45(30-15-5-3-6-16-30)49-46(51-47)31-17-7-4-8-18-31/h3-29H,1-2H3. The van der Waals surface area contributed by atoms with Crippen molar-refractivity contribution < 1.29 is 4.42 Å². The first-order valence-corrected chi connectivity index (χ1v) is 17.7.